The number of alkyl halides is 2. The SMILES string of the molecule is C=C/C=C(\C=C(C)C)C(C)(F)F. The largest absolute Gasteiger partial charge is 0.270 e. The summed E-state index contributed by atoms with van der Waals surface area (Å²) in [6, 6.07) is 0. The first-order valence-corrected chi connectivity index (χ1v) is 3.74. The Morgan fingerprint density at radius 1 is 1.33 bits per heavy atom. The molecular formula is C10H14F2. The minimum atomic E-state index is -2.79. The average Bonchev–Trinajstić information content (AvgIpc) is 1.83. The summed E-state index contributed by atoms with van der Waals surface area (Å²) in [7, 11) is 0. The quantitative estimate of drug-likeness (QED) is 0.569. The van der Waals surface area contributed by atoms with Crippen molar-refractivity contribution in [3.8, 4) is 0 Å². The van der Waals surface area contributed by atoms with Crippen LogP contribution in [0.3, 0.4) is 0 Å². The lowest BCUT2D eigenvalue weighted by Crippen LogP contribution is -2.12. The summed E-state index contributed by atoms with van der Waals surface area (Å²) in [4.78, 5) is 0. The van der Waals surface area contributed by atoms with Crippen molar-refractivity contribution in [1.82, 2.24) is 0 Å². The van der Waals surface area contributed by atoms with E-state index >= 15 is 0 Å². The Balaban J connectivity index is 4.82. The summed E-state index contributed by atoms with van der Waals surface area (Å²) in [6.45, 7) is 7.82. The fourth-order valence-corrected chi connectivity index (χ4v) is 0.759. The van der Waals surface area contributed by atoms with Gasteiger partial charge in [-0.15, -0.1) is 0 Å². The smallest absolute Gasteiger partial charge is 0.202 e. The topological polar surface area (TPSA) is 0 Å². The minimum Gasteiger partial charge on any atom is -0.202 e. The highest BCUT2D eigenvalue weighted by atomic mass is 19.3. The van der Waals surface area contributed by atoms with Gasteiger partial charge in [0.15, 0.2) is 0 Å². The molecule has 0 atom stereocenters. The van der Waals surface area contributed by atoms with Crippen LogP contribution < -0.4 is 0 Å². The number of hydrogen-bond acceptors (Lipinski definition) is 0. The lowest BCUT2D eigenvalue weighted by molar-refractivity contribution is 0.0674. The maximum Gasteiger partial charge on any atom is 0.270 e. The van der Waals surface area contributed by atoms with Crippen LogP contribution >= 0.6 is 0 Å². The first-order chi connectivity index (χ1) is 5.38. The van der Waals surface area contributed by atoms with Gasteiger partial charge in [-0.2, -0.15) is 0 Å². The molecule has 0 aromatic rings. The van der Waals surface area contributed by atoms with Gasteiger partial charge in [0.2, 0.25) is 0 Å². The molecule has 0 saturated heterocycles. The highest BCUT2D eigenvalue weighted by Gasteiger charge is 2.24. The molecule has 2 heteroatoms. The van der Waals surface area contributed by atoms with E-state index in [1.165, 1.54) is 18.2 Å². The molecule has 0 radical (unpaired) electrons. The van der Waals surface area contributed by atoms with Gasteiger partial charge in [0, 0.05) is 12.5 Å². The normalized spacial score (nSPS) is 12.6. The summed E-state index contributed by atoms with van der Waals surface area (Å²) in [6.07, 6.45) is 4.15. The molecule has 0 aliphatic carbocycles. The zero-order valence-corrected chi connectivity index (χ0v) is 7.70. The van der Waals surface area contributed by atoms with Crippen LogP contribution in [0.15, 0.2) is 36.0 Å². The third kappa shape index (κ3) is 4.06. The summed E-state index contributed by atoms with van der Waals surface area (Å²) in [5.41, 5.74) is 0.849. The minimum absolute atomic E-state index is 0.00231. The fourth-order valence-electron chi connectivity index (χ4n) is 0.759. The van der Waals surface area contributed by atoms with Crippen molar-refractivity contribution in [2.24, 2.45) is 0 Å². The summed E-state index contributed by atoms with van der Waals surface area (Å²) >= 11 is 0. The van der Waals surface area contributed by atoms with E-state index in [9.17, 15) is 8.78 Å². The highest BCUT2D eigenvalue weighted by molar-refractivity contribution is 5.30. The molecule has 0 aromatic carbocycles. The van der Waals surface area contributed by atoms with Crippen LogP contribution in [0.5, 0.6) is 0 Å². The van der Waals surface area contributed by atoms with E-state index in [1.807, 2.05) is 0 Å². The third-order valence-corrected chi connectivity index (χ3v) is 1.25. The van der Waals surface area contributed by atoms with E-state index in [4.69, 9.17) is 0 Å². The van der Waals surface area contributed by atoms with Gasteiger partial charge in [-0.3, -0.25) is 0 Å². The van der Waals surface area contributed by atoms with Gasteiger partial charge in [0.1, 0.15) is 0 Å². The van der Waals surface area contributed by atoms with Crippen LogP contribution in [0.2, 0.25) is 0 Å². The van der Waals surface area contributed by atoms with E-state index in [0.29, 0.717) is 0 Å². The Kier molecular flexibility index (Phi) is 3.87. The Morgan fingerprint density at radius 3 is 2.08 bits per heavy atom. The van der Waals surface area contributed by atoms with Gasteiger partial charge in [0.05, 0.1) is 0 Å². The second kappa shape index (κ2) is 4.19. The molecule has 0 aliphatic heterocycles. The number of hydrogen-bond donors (Lipinski definition) is 0. The summed E-state index contributed by atoms with van der Waals surface area (Å²) < 4.78 is 25.5. The molecule has 0 bridgehead atoms. The molecule has 68 valence electrons. The van der Waals surface area contributed by atoms with Crippen molar-refractivity contribution < 1.29 is 8.78 Å². The Labute approximate surface area is 72.3 Å². The second-order valence-electron chi connectivity index (χ2n) is 2.97. The third-order valence-electron chi connectivity index (χ3n) is 1.25. The van der Waals surface area contributed by atoms with Gasteiger partial charge in [0.25, 0.3) is 5.92 Å². The molecule has 0 saturated carbocycles. The predicted molar refractivity (Wildman–Crippen MR) is 48.3 cm³/mol. The maximum absolute atomic E-state index is 12.8. The van der Waals surface area contributed by atoms with Gasteiger partial charge in [-0.05, 0) is 13.8 Å². The number of allylic oxidation sites excluding steroid dienone is 5. The van der Waals surface area contributed by atoms with Crippen LogP contribution in [0.4, 0.5) is 8.78 Å². The fraction of sp³-hybridized carbons (Fsp3) is 0.400. The molecule has 0 aromatic heterocycles. The number of rotatable bonds is 3. The first kappa shape index (κ1) is 11.1. The zero-order valence-electron chi connectivity index (χ0n) is 7.70. The van der Waals surface area contributed by atoms with Gasteiger partial charge < -0.3 is 0 Å². The lowest BCUT2D eigenvalue weighted by Gasteiger charge is -2.11. The molecule has 0 unspecified atom stereocenters. The van der Waals surface area contributed by atoms with Crippen LogP contribution in [-0.2, 0) is 0 Å². The van der Waals surface area contributed by atoms with Crippen molar-refractivity contribution in [2.45, 2.75) is 26.7 Å². The second-order valence-corrected chi connectivity index (χ2v) is 2.97. The maximum atomic E-state index is 12.8. The summed E-state index contributed by atoms with van der Waals surface area (Å²) in [5.74, 6) is -2.79. The Hall–Kier alpha value is -0.920. The van der Waals surface area contributed by atoms with E-state index < -0.39 is 5.92 Å². The molecule has 0 N–H and O–H groups in total. The Bertz CT molecular complexity index is 212. The van der Waals surface area contributed by atoms with Gasteiger partial charge in [-0.1, -0.05) is 30.4 Å². The zero-order chi connectivity index (χ0) is 9.78. The van der Waals surface area contributed by atoms with Gasteiger partial charge >= 0.3 is 0 Å². The van der Waals surface area contributed by atoms with E-state index in [1.54, 1.807) is 13.8 Å². The standard InChI is InChI=1S/C10H14F2/c1-5-6-9(7-8(2)3)10(4,11)12/h5-7H,1H2,2-4H3/b9-6+. The first-order valence-electron chi connectivity index (χ1n) is 3.74. The van der Waals surface area contributed by atoms with E-state index in [2.05, 4.69) is 6.58 Å². The van der Waals surface area contributed by atoms with Crippen LogP contribution in [0.25, 0.3) is 0 Å². The monoisotopic (exact) mass is 172 g/mol. The molecule has 0 heterocycles. The average molecular weight is 172 g/mol. The predicted octanol–water partition coefficient (Wildman–Crippen LogP) is 3.72. The van der Waals surface area contributed by atoms with Gasteiger partial charge in [-0.25, -0.2) is 8.78 Å². The molecule has 12 heavy (non-hydrogen) atoms. The molecule has 0 spiro atoms. The molecule has 0 aliphatic rings. The van der Waals surface area contributed by atoms with Crippen molar-refractivity contribution in [1.29, 1.82) is 0 Å². The molecule has 0 rings (SSSR count). The van der Waals surface area contributed by atoms with Crippen LogP contribution in [0.1, 0.15) is 20.8 Å². The lowest BCUT2D eigenvalue weighted by atomic mass is 10.1. The molecular weight excluding hydrogens is 158 g/mol. The van der Waals surface area contributed by atoms with Crippen molar-refractivity contribution in [2.75, 3.05) is 0 Å². The Morgan fingerprint density at radius 2 is 1.83 bits per heavy atom. The molecule has 0 fully saturated rings. The van der Waals surface area contributed by atoms with Crippen LogP contribution in [0, 0.1) is 0 Å². The van der Waals surface area contributed by atoms with Crippen LogP contribution in [-0.4, -0.2) is 5.92 Å². The van der Waals surface area contributed by atoms with E-state index in [0.717, 1.165) is 12.5 Å². The highest BCUT2D eigenvalue weighted by Crippen LogP contribution is 2.25. The number of halogens is 2. The van der Waals surface area contributed by atoms with Crippen molar-refractivity contribution in [3.63, 3.8) is 0 Å². The van der Waals surface area contributed by atoms with Crippen molar-refractivity contribution >= 4 is 0 Å². The molecule has 0 amide bonds. The summed E-state index contributed by atoms with van der Waals surface area (Å²) in [5, 5.41) is 0. The molecule has 0 nitrogen and oxygen atoms in total. The van der Waals surface area contributed by atoms with E-state index in [-0.39, 0.29) is 5.57 Å². The van der Waals surface area contributed by atoms with Crippen molar-refractivity contribution in [3.05, 3.63) is 36.0 Å².